The van der Waals surface area contributed by atoms with Gasteiger partial charge in [-0.05, 0) is 18.4 Å². The summed E-state index contributed by atoms with van der Waals surface area (Å²) in [7, 11) is 0. The molecule has 5 heteroatoms. The number of carbonyl (C=O) groups is 1. The van der Waals surface area contributed by atoms with E-state index in [2.05, 4.69) is 4.98 Å². The summed E-state index contributed by atoms with van der Waals surface area (Å²) >= 11 is 0. The number of rotatable bonds is 4. The van der Waals surface area contributed by atoms with Gasteiger partial charge >= 0.3 is 5.97 Å². The van der Waals surface area contributed by atoms with Crippen molar-refractivity contribution in [1.82, 2.24) is 4.98 Å². The lowest BCUT2D eigenvalue weighted by molar-refractivity contribution is 0.0661. The van der Waals surface area contributed by atoms with Crippen LogP contribution in [0.4, 0.5) is 0 Å². The van der Waals surface area contributed by atoms with Crippen LogP contribution in [0, 0.1) is 5.92 Å². The van der Waals surface area contributed by atoms with Crippen molar-refractivity contribution in [3.8, 4) is 11.5 Å². The van der Waals surface area contributed by atoms with Gasteiger partial charge in [-0.1, -0.05) is 32.0 Å². The molecule has 0 saturated carbocycles. The Kier molecular flexibility index (Phi) is 3.25. The summed E-state index contributed by atoms with van der Waals surface area (Å²) < 4.78 is 10.9. The smallest absolute Gasteiger partial charge is 0.373 e. The standard InChI is InChI=1S/C16H15NO4/c1-9(2)7-12-14(16(18)19)21-15(17-12)11-8-20-13-6-4-3-5-10(11)13/h3-6,8-9H,7H2,1-2H3,(H,18,19). The third-order valence-corrected chi connectivity index (χ3v) is 3.20. The third-order valence-electron chi connectivity index (χ3n) is 3.20. The maximum atomic E-state index is 11.3. The zero-order chi connectivity index (χ0) is 15.0. The highest BCUT2D eigenvalue weighted by Crippen LogP contribution is 2.31. The minimum Gasteiger partial charge on any atom is -0.475 e. The maximum absolute atomic E-state index is 11.3. The average molecular weight is 285 g/mol. The van der Waals surface area contributed by atoms with Crippen LogP contribution < -0.4 is 0 Å². The van der Waals surface area contributed by atoms with Gasteiger partial charge in [0.1, 0.15) is 11.8 Å². The summed E-state index contributed by atoms with van der Waals surface area (Å²) in [5.74, 6) is -0.615. The van der Waals surface area contributed by atoms with E-state index in [1.54, 1.807) is 6.26 Å². The van der Waals surface area contributed by atoms with Gasteiger partial charge in [0, 0.05) is 5.39 Å². The second kappa shape index (κ2) is 5.09. The molecule has 0 amide bonds. The van der Waals surface area contributed by atoms with Crippen molar-refractivity contribution in [3.63, 3.8) is 0 Å². The number of hydrogen-bond acceptors (Lipinski definition) is 4. The number of para-hydroxylation sites is 1. The fourth-order valence-corrected chi connectivity index (χ4v) is 2.30. The Hall–Kier alpha value is -2.56. The van der Waals surface area contributed by atoms with Gasteiger partial charge in [0.2, 0.25) is 11.7 Å². The summed E-state index contributed by atoms with van der Waals surface area (Å²) in [6, 6.07) is 7.49. The number of hydrogen-bond donors (Lipinski definition) is 1. The van der Waals surface area contributed by atoms with Crippen molar-refractivity contribution in [2.24, 2.45) is 5.92 Å². The lowest BCUT2D eigenvalue weighted by Gasteiger charge is -1.99. The average Bonchev–Trinajstić information content (AvgIpc) is 3.01. The number of carboxylic acid groups (broad SMARTS) is 1. The molecular formula is C16H15NO4. The van der Waals surface area contributed by atoms with Crippen LogP contribution in [0.15, 0.2) is 39.4 Å². The van der Waals surface area contributed by atoms with Crippen LogP contribution in [0.2, 0.25) is 0 Å². The van der Waals surface area contributed by atoms with E-state index in [-0.39, 0.29) is 11.7 Å². The third kappa shape index (κ3) is 2.42. The first-order valence-corrected chi connectivity index (χ1v) is 6.76. The number of carboxylic acids is 1. The molecule has 5 nitrogen and oxygen atoms in total. The molecule has 0 bridgehead atoms. The fourth-order valence-electron chi connectivity index (χ4n) is 2.30. The Balaban J connectivity index is 2.12. The number of fused-ring (bicyclic) bond motifs is 1. The second-order valence-corrected chi connectivity index (χ2v) is 5.34. The monoisotopic (exact) mass is 285 g/mol. The largest absolute Gasteiger partial charge is 0.475 e. The molecule has 0 spiro atoms. The Bertz CT molecular complexity index is 798. The van der Waals surface area contributed by atoms with Crippen LogP contribution in [-0.2, 0) is 6.42 Å². The first kappa shape index (κ1) is 13.4. The number of nitrogens with zero attached hydrogens (tertiary/aromatic N) is 1. The molecule has 0 unspecified atom stereocenters. The van der Waals surface area contributed by atoms with Crippen molar-refractivity contribution in [3.05, 3.63) is 42.0 Å². The maximum Gasteiger partial charge on any atom is 0.373 e. The van der Waals surface area contributed by atoms with Gasteiger partial charge in [-0.2, -0.15) is 0 Å². The van der Waals surface area contributed by atoms with E-state index in [0.29, 0.717) is 29.2 Å². The number of oxazole rings is 1. The predicted octanol–water partition coefficient (Wildman–Crippen LogP) is 3.98. The Morgan fingerprint density at radius 3 is 2.81 bits per heavy atom. The van der Waals surface area contributed by atoms with E-state index >= 15 is 0 Å². The van der Waals surface area contributed by atoms with Crippen LogP contribution in [0.3, 0.4) is 0 Å². The minimum absolute atomic E-state index is 0.0935. The molecule has 0 aliphatic rings. The van der Waals surface area contributed by atoms with E-state index in [1.165, 1.54) is 0 Å². The molecule has 2 aromatic heterocycles. The Morgan fingerprint density at radius 2 is 2.10 bits per heavy atom. The van der Waals surface area contributed by atoms with Crippen LogP contribution in [-0.4, -0.2) is 16.1 Å². The Labute approximate surface area is 121 Å². The van der Waals surface area contributed by atoms with Crippen LogP contribution in [0.1, 0.15) is 30.1 Å². The summed E-state index contributed by atoms with van der Waals surface area (Å²) in [6.45, 7) is 4.01. The first-order chi connectivity index (χ1) is 10.1. The second-order valence-electron chi connectivity index (χ2n) is 5.34. The van der Waals surface area contributed by atoms with Gasteiger partial charge in [-0.25, -0.2) is 9.78 Å². The summed E-state index contributed by atoms with van der Waals surface area (Å²) in [4.78, 5) is 15.6. The molecule has 0 fully saturated rings. The van der Waals surface area contributed by atoms with Gasteiger partial charge in [0.05, 0.1) is 11.3 Å². The molecule has 3 rings (SSSR count). The number of aromatic carboxylic acids is 1. The zero-order valence-electron chi connectivity index (χ0n) is 11.8. The first-order valence-electron chi connectivity index (χ1n) is 6.76. The molecular weight excluding hydrogens is 270 g/mol. The summed E-state index contributed by atoms with van der Waals surface area (Å²) in [5, 5.41) is 10.1. The van der Waals surface area contributed by atoms with Crippen molar-refractivity contribution in [1.29, 1.82) is 0 Å². The lowest BCUT2D eigenvalue weighted by atomic mass is 10.1. The van der Waals surface area contributed by atoms with E-state index in [0.717, 1.165) is 5.39 Å². The molecule has 2 heterocycles. The number of aromatic nitrogens is 1. The Morgan fingerprint density at radius 1 is 1.33 bits per heavy atom. The fraction of sp³-hybridized carbons (Fsp3) is 0.250. The number of benzene rings is 1. The SMILES string of the molecule is CC(C)Cc1nc(-c2coc3ccccc23)oc1C(=O)O. The van der Waals surface area contributed by atoms with Crippen molar-refractivity contribution in [2.75, 3.05) is 0 Å². The highest BCUT2D eigenvalue weighted by molar-refractivity contribution is 5.92. The topological polar surface area (TPSA) is 76.5 Å². The van der Waals surface area contributed by atoms with Crippen LogP contribution in [0.5, 0.6) is 0 Å². The van der Waals surface area contributed by atoms with Gasteiger partial charge in [-0.3, -0.25) is 0 Å². The van der Waals surface area contributed by atoms with Gasteiger partial charge in [0.15, 0.2) is 0 Å². The van der Waals surface area contributed by atoms with Crippen molar-refractivity contribution >= 4 is 16.9 Å². The molecule has 0 aliphatic heterocycles. The van der Waals surface area contributed by atoms with Gasteiger partial charge < -0.3 is 13.9 Å². The number of furan rings is 1. The molecule has 0 radical (unpaired) electrons. The molecule has 1 N–H and O–H groups in total. The molecule has 3 aromatic rings. The molecule has 108 valence electrons. The molecule has 1 aromatic carbocycles. The lowest BCUT2D eigenvalue weighted by Crippen LogP contribution is -2.03. The van der Waals surface area contributed by atoms with Crippen LogP contribution in [0.25, 0.3) is 22.4 Å². The summed E-state index contributed by atoms with van der Waals surface area (Å²) in [5.41, 5.74) is 1.86. The molecule has 0 atom stereocenters. The highest BCUT2D eigenvalue weighted by atomic mass is 16.4. The van der Waals surface area contributed by atoms with E-state index in [1.807, 2.05) is 38.1 Å². The van der Waals surface area contributed by atoms with Gasteiger partial charge in [-0.15, -0.1) is 0 Å². The normalized spacial score (nSPS) is 11.4. The van der Waals surface area contributed by atoms with E-state index in [9.17, 15) is 9.90 Å². The van der Waals surface area contributed by atoms with Gasteiger partial charge in [0.25, 0.3) is 0 Å². The molecule has 0 aliphatic carbocycles. The van der Waals surface area contributed by atoms with E-state index < -0.39 is 5.97 Å². The molecule has 0 saturated heterocycles. The molecule has 21 heavy (non-hydrogen) atoms. The predicted molar refractivity (Wildman–Crippen MR) is 77.2 cm³/mol. The van der Waals surface area contributed by atoms with E-state index in [4.69, 9.17) is 8.83 Å². The highest BCUT2D eigenvalue weighted by Gasteiger charge is 2.22. The van der Waals surface area contributed by atoms with Crippen LogP contribution >= 0.6 is 0 Å². The van der Waals surface area contributed by atoms with Crippen molar-refractivity contribution < 1.29 is 18.7 Å². The van der Waals surface area contributed by atoms with Crippen molar-refractivity contribution in [2.45, 2.75) is 20.3 Å². The summed E-state index contributed by atoms with van der Waals surface area (Å²) in [6.07, 6.45) is 2.10. The quantitative estimate of drug-likeness (QED) is 0.784. The minimum atomic E-state index is -1.10. The zero-order valence-corrected chi connectivity index (χ0v) is 11.8.